The van der Waals surface area contributed by atoms with Crippen LogP contribution >= 0.6 is 0 Å². The Labute approximate surface area is 174 Å². The van der Waals surface area contributed by atoms with Crippen LogP contribution in [-0.4, -0.2) is 5.11 Å². The van der Waals surface area contributed by atoms with Crippen molar-refractivity contribution in [1.82, 2.24) is 0 Å². The van der Waals surface area contributed by atoms with Crippen molar-refractivity contribution in [3.8, 4) is 5.75 Å². The van der Waals surface area contributed by atoms with E-state index in [4.69, 9.17) is 0 Å². The van der Waals surface area contributed by atoms with Gasteiger partial charge in [-0.1, -0.05) is 96.5 Å². The number of unbranched alkanes of at least 4 members (excludes halogenated alkanes) is 6. The molecule has 0 aliphatic heterocycles. The van der Waals surface area contributed by atoms with Crippen LogP contribution in [-0.2, 0) is 12.8 Å². The zero-order chi connectivity index (χ0) is 19.6. The molecule has 3 rings (SSSR count). The van der Waals surface area contributed by atoms with Crippen LogP contribution in [0.4, 0.5) is 0 Å². The summed E-state index contributed by atoms with van der Waals surface area (Å²) in [7, 11) is 0. The Hall–Kier alpha value is -0.980. The van der Waals surface area contributed by atoms with Crippen molar-refractivity contribution in [2.24, 2.45) is 17.8 Å². The molecule has 0 aromatic heterocycles. The number of benzene rings is 1. The smallest absolute Gasteiger partial charge is 0.115 e. The lowest BCUT2D eigenvalue weighted by molar-refractivity contribution is 0.233. The molecule has 0 amide bonds. The summed E-state index contributed by atoms with van der Waals surface area (Å²) in [6.45, 7) is 2.30. The predicted octanol–water partition coefficient (Wildman–Crippen LogP) is 8.22. The molecular weight excluding hydrogens is 340 g/mol. The highest BCUT2D eigenvalue weighted by atomic mass is 16.3. The van der Waals surface area contributed by atoms with E-state index in [0.29, 0.717) is 5.75 Å². The standard InChI is InChI=1S/C27H44O/c1-2-3-4-5-6-7-8-9-22-10-12-23(13-11-22)14-15-24-16-17-26-21-27(28)19-18-25(26)20-24/h18-19,21-24,28H,2-17,20H2,1H3. The summed E-state index contributed by atoms with van der Waals surface area (Å²) in [6, 6.07) is 6.01. The van der Waals surface area contributed by atoms with Gasteiger partial charge in [-0.25, -0.2) is 0 Å². The lowest BCUT2D eigenvalue weighted by Gasteiger charge is -2.31. The second-order valence-corrected chi connectivity index (χ2v) is 9.94. The molecule has 28 heavy (non-hydrogen) atoms. The molecule has 0 spiro atoms. The van der Waals surface area contributed by atoms with Crippen LogP contribution < -0.4 is 0 Å². The molecule has 0 radical (unpaired) electrons. The fourth-order valence-electron chi connectivity index (χ4n) is 5.73. The molecule has 1 aromatic carbocycles. The normalized spacial score (nSPS) is 24.8. The maximum atomic E-state index is 9.66. The number of phenols is 1. The lowest BCUT2D eigenvalue weighted by atomic mass is 9.75. The van der Waals surface area contributed by atoms with Crippen molar-refractivity contribution >= 4 is 0 Å². The summed E-state index contributed by atoms with van der Waals surface area (Å²) in [5, 5.41) is 9.66. The first-order valence-electron chi connectivity index (χ1n) is 12.6. The van der Waals surface area contributed by atoms with Gasteiger partial charge >= 0.3 is 0 Å². The van der Waals surface area contributed by atoms with Gasteiger partial charge in [0.15, 0.2) is 0 Å². The highest BCUT2D eigenvalue weighted by molar-refractivity contribution is 5.36. The Bertz CT molecular complexity index is 555. The van der Waals surface area contributed by atoms with Crippen LogP contribution in [0.3, 0.4) is 0 Å². The first-order chi connectivity index (χ1) is 13.7. The van der Waals surface area contributed by atoms with E-state index in [9.17, 15) is 5.11 Å². The summed E-state index contributed by atoms with van der Waals surface area (Å²) in [6.07, 6.45) is 24.3. The molecule has 2 aliphatic carbocycles. The summed E-state index contributed by atoms with van der Waals surface area (Å²) in [5.41, 5.74) is 2.88. The highest BCUT2D eigenvalue weighted by Crippen LogP contribution is 2.37. The van der Waals surface area contributed by atoms with Gasteiger partial charge in [0.2, 0.25) is 0 Å². The Kier molecular flexibility index (Phi) is 9.22. The van der Waals surface area contributed by atoms with Gasteiger partial charge in [0.05, 0.1) is 0 Å². The molecule has 1 N–H and O–H groups in total. The van der Waals surface area contributed by atoms with Gasteiger partial charge in [0.25, 0.3) is 0 Å². The zero-order valence-electron chi connectivity index (χ0n) is 18.4. The molecule has 1 fully saturated rings. The number of hydrogen-bond donors (Lipinski definition) is 1. The summed E-state index contributed by atoms with van der Waals surface area (Å²) >= 11 is 0. The SMILES string of the molecule is CCCCCCCCCC1CCC(CCC2CCc3cc(O)ccc3C2)CC1. The van der Waals surface area contributed by atoms with E-state index < -0.39 is 0 Å². The van der Waals surface area contributed by atoms with Gasteiger partial charge in [-0.05, 0) is 66.7 Å². The second kappa shape index (κ2) is 11.9. The zero-order valence-corrected chi connectivity index (χ0v) is 18.4. The van der Waals surface area contributed by atoms with Gasteiger partial charge in [0.1, 0.15) is 5.75 Å². The fraction of sp³-hybridized carbons (Fsp3) is 0.778. The predicted molar refractivity (Wildman–Crippen MR) is 121 cm³/mol. The topological polar surface area (TPSA) is 20.2 Å². The van der Waals surface area contributed by atoms with Crippen molar-refractivity contribution in [2.75, 3.05) is 0 Å². The minimum atomic E-state index is 0.436. The van der Waals surface area contributed by atoms with Crippen molar-refractivity contribution in [3.05, 3.63) is 29.3 Å². The van der Waals surface area contributed by atoms with Gasteiger partial charge in [-0.15, -0.1) is 0 Å². The van der Waals surface area contributed by atoms with Crippen molar-refractivity contribution < 1.29 is 5.11 Å². The highest BCUT2D eigenvalue weighted by Gasteiger charge is 2.23. The third-order valence-electron chi connectivity index (χ3n) is 7.69. The number of phenolic OH excluding ortho intramolecular Hbond substituents is 1. The van der Waals surface area contributed by atoms with Crippen LogP contribution in [0, 0.1) is 17.8 Å². The Morgan fingerprint density at radius 1 is 0.714 bits per heavy atom. The van der Waals surface area contributed by atoms with Gasteiger partial charge in [-0.3, -0.25) is 0 Å². The van der Waals surface area contributed by atoms with Crippen molar-refractivity contribution in [2.45, 2.75) is 116 Å². The molecule has 0 heterocycles. The maximum Gasteiger partial charge on any atom is 0.115 e. The number of rotatable bonds is 11. The molecule has 1 saturated carbocycles. The van der Waals surface area contributed by atoms with Crippen LogP contribution in [0.15, 0.2) is 18.2 Å². The van der Waals surface area contributed by atoms with Crippen LogP contribution in [0.25, 0.3) is 0 Å². The van der Waals surface area contributed by atoms with Crippen LogP contribution in [0.1, 0.15) is 114 Å². The summed E-state index contributed by atoms with van der Waals surface area (Å²) < 4.78 is 0. The van der Waals surface area contributed by atoms with E-state index in [1.165, 1.54) is 120 Å². The average Bonchev–Trinajstić information content (AvgIpc) is 2.72. The molecule has 0 bridgehead atoms. The number of hydrogen-bond acceptors (Lipinski definition) is 1. The van der Waals surface area contributed by atoms with Gasteiger partial charge in [0, 0.05) is 0 Å². The number of aromatic hydroxyl groups is 1. The molecule has 158 valence electrons. The maximum absolute atomic E-state index is 9.66. The van der Waals surface area contributed by atoms with E-state index in [-0.39, 0.29) is 0 Å². The van der Waals surface area contributed by atoms with E-state index in [2.05, 4.69) is 13.0 Å². The molecular formula is C27H44O. The average molecular weight is 385 g/mol. The molecule has 2 aliphatic rings. The van der Waals surface area contributed by atoms with Crippen LogP contribution in [0.5, 0.6) is 5.75 Å². The fourth-order valence-corrected chi connectivity index (χ4v) is 5.73. The van der Waals surface area contributed by atoms with E-state index in [1.54, 1.807) is 0 Å². The third-order valence-corrected chi connectivity index (χ3v) is 7.69. The largest absolute Gasteiger partial charge is 0.508 e. The van der Waals surface area contributed by atoms with E-state index >= 15 is 0 Å². The Morgan fingerprint density at radius 3 is 2.11 bits per heavy atom. The lowest BCUT2D eigenvalue weighted by Crippen LogP contribution is -2.18. The first-order valence-corrected chi connectivity index (χ1v) is 12.6. The van der Waals surface area contributed by atoms with E-state index in [1.807, 2.05) is 12.1 Å². The Balaban J connectivity index is 1.25. The molecule has 1 nitrogen and oxygen atoms in total. The minimum Gasteiger partial charge on any atom is -0.508 e. The summed E-state index contributed by atoms with van der Waals surface area (Å²) in [5.74, 6) is 3.36. The van der Waals surface area contributed by atoms with Crippen LogP contribution in [0.2, 0.25) is 0 Å². The van der Waals surface area contributed by atoms with E-state index in [0.717, 1.165) is 17.8 Å². The van der Waals surface area contributed by atoms with Gasteiger partial charge < -0.3 is 5.11 Å². The van der Waals surface area contributed by atoms with Crippen molar-refractivity contribution in [1.29, 1.82) is 0 Å². The monoisotopic (exact) mass is 384 g/mol. The quantitative estimate of drug-likeness (QED) is 0.381. The third kappa shape index (κ3) is 7.12. The first kappa shape index (κ1) is 21.7. The minimum absolute atomic E-state index is 0.436. The Morgan fingerprint density at radius 2 is 1.36 bits per heavy atom. The number of aryl methyl sites for hydroxylation is 1. The second-order valence-electron chi connectivity index (χ2n) is 9.94. The van der Waals surface area contributed by atoms with Crippen molar-refractivity contribution in [3.63, 3.8) is 0 Å². The molecule has 1 heteroatoms. The molecule has 1 aromatic rings. The molecule has 1 atom stereocenters. The number of fused-ring (bicyclic) bond motifs is 1. The molecule has 1 unspecified atom stereocenters. The molecule has 0 saturated heterocycles. The summed E-state index contributed by atoms with van der Waals surface area (Å²) in [4.78, 5) is 0. The van der Waals surface area contributed by atoms with Gasteiger partial charge in [-0.2, -0.15) is 0 Å².